The van der Waals surface area contributed by atoms with Gasteiger partial charge in [0.05, 0.1) is 10.2 Å². The predicted molar refractivity (Wildman–Crippen MR) is 74.4 cm³/mol. The van der Waals surface area contributed by atoms with E-state index in [1.54, 1.807) is 11.3 Å². The molecule has 0 aliphatic carbocycles. The number of carbonyl (C=O) groups excluding carboxylic acids is 1. The summed E-state index contributed by atoms with van der Waals surface area (Å²) in [7, 11) is 1.93. The summed E-state index contributed by atoms with van der Waals surface area (Å²) >= 11 is 5.06. The van der Waals surface area contributed by atoms with Gasteiger partial charge in [-0.1, -0.05) is 0 Å². The molecule has 17 heavy (non-hydrogen) atoms. The number of hydrogen-bond acceptors (Lipinski definition) is 3. The summed E-state index contributed by atoms with van der Waals surface area (Å²) < 4.78 is 1.09. The van der Waals surface area contributed by atoms with Gasteiger partial charge in [0, 0.05) is 18.0 Å². The third kappa shape index (κ3) is 3.53. The van der Waals surface area contributed by atoms with Crippen LogP contribution in [0.5, 0.6) is 0 Å². The van der Waals surface area contributed by atoms with E-state index in [0.29, 0.717) is 12.5 Å². The number of piperidine rings is 1. The molecule has 0 aromatic carbocycles. The maximum Gasteiger partial charge on any atom is 0.227 e. The Morgan fingerprint density at radius 2 is 2.24 bits per heavy atom. The molecule has 1 aromatic heterocycles. The molecule has 1 saturated heterocycles. The van der Waals surface area contributed by atoms with E-state index in [1.807, 2.05) is 24.1 Å². The van der Waals surface area contributed by atoms with Crippen molar-refractivity contribution in [3.63, 3.8) is 0 Å². The van der Waals surface area contributed by atoms with Crippen LogP contribution in [0, 0.1) is 0 Å². The van der Waals surface area contributed by atoms with Gasteiger partial charge in [-0.25, -0.2) is 0 Å². The van der Waals surface area contributed by atoms with E-state index in [-0.39, 0.29) is 5.91 Å². The second kappa shape index (κ2) is 5.98. The lowest BCUT2D eigenvalue weighted by Gasteiger charge is -2.31. The van der Waals surface area contributed by atoms with E-state index in [0.717, 1.165) is 34.6 Å². The Balaban J connectivity index is 1.90. The predicted octanol–water partition coefficient (Wildman–Crippen LogP) is 2.26. The first kappa shape index (κ1) is 13.1. The summed E-state index contributed by atoms with van der Waals surface area (Å²) in [4.78, 5) is 15.2. The van der Waals surface area contributed by atoms with Gasteiger partial charge < -0.3 is 10.2 Å². The van der Waals surface area contributed by atoms with E-state index >= 15 is 0 Å². The lowest BCUT2D eigenvalue weighted by atomic mass is 10.1. The fourth-order valence-corrected chi connectivity index (χ4v) is 3.59. The van der Waals surface area contributed by atoms with Crippen LogP contribution in [-0.2, 0) is 11.2 Å². The number of carbonyl (C=O) groups is 1. The second-order valence-electron chi connectivity index (χ2n) is 4.37. The number of nitrogens with zero attached hydrogens (tertiary/aromatic N) is 1. The molecule has 0 saturated carbocycles. The third-order valence-corrected chi connectivity index (χ3v) is 4.83. The minimum Gasteiger partial charge on any atom is -0.342 e. The van der Waals surface area contributed by atoms with Crippen LogP contribution >= 0.6 is 27.3 Å². The van der Waals surface area contributed by atoms with Gasteiger partial charge >= 0.3 is 0 Å². The molecule has 1 N–H and O–H groups in total. The SMILES string of the molecule is CN(C(=O)Cc1ccc(Br)s1)C1CCNCC1. The van der Waals surface area contributed by atoms with Gasteiger partial charge in [0.2, 0.25) is 5.91 Å². The van der Waals surface area contributed by atoms with Gasteiger partial charge in [-0.15, -0.1) is 11.3 Å². The second-order valence-corrected chi connectivity index (χ2v) is 6.92. The van der Waals surface area contributed by atoms with Crippen molar-refractivity contribution < 1.29 is 4.79 Å². The first-order chi connectivity index (χ1) is 8.16. The summed E-state index contributed by atoms with van der Waals surface area (Å²) in [6.45, 7) is 2.04. The maximum absolute atomic E-state index is 12.1. The van der Waals surface area contributed by atoms with Crippen molar-refractivity contribution in [2.75, 3.05) is 20.1 Å². The number of rotatable bonds is 3. The third-order valence-electron chi connectivity index (χ3n) is 3.20. The summed E-state index contributed by atoms with van der Waals surface area (Å²) in [5, 5.41) is 3.32. The number of amides is 1. The summed E-state index contributed by atoms with van der Waals surface area (Å²) in [6.07, 6.45) is 2.66. The van der Waals surface area contributed by atoms with Crippen molar-refractivity contribution in [2.45, 2.75) is 25.3 Å². The highest BCUT2D eigenvalue weighted by Gasteiger charge is 2.22. The van der Waals surface area contributed by atoms with Crippen molar-refractivity contribution in [1.82, 2.24) is 10.2 Å². The zero-order valence-electron chi connectivity index (χ0n) is 9.91. The van der Waals surface area contributed by atoms with E-state index < -0.39 is 0 Å². The molecule has 94 valence electrons. The standard InChI is InChI=1S/C12H17BrN2OS/c1-15(9-4-6-14-7-5-9)12(16)8-10-2-3-11(13)17-10/h2-3,9,14H,4-8H2,1H3. The molecule has 3 nitrogen and oxygen atoms in total. The number of likely N-dealkylation sites (N-methyl/N-ethyl adjacent to an activating group) is 1. The van der Waals surface area contributed by atoms with E-state index in [1.165, 1.54) is 0 Å². The molecule has 1 aliphatic rings. The minimum absolute atomic E-state index is 0.228. The Hall–Kier alpha value is -0.390. The molecule has 2 rings (SSSR count). The van der Waals surface area contributed by atoms with Crippen molar-refractivity contribution in [2.24, 2.45) is 0 Å². The summed E-state index contributed by atoms with van der Waals surface area (Å²) in [5.74, 6) is 0.228. The first-order valence-electron chi connectivity index (χ1n) is 5.87. The molecule has 1 aromatic rings. The molecule has 0 radical (unpaired) electrons. The van der Waals surface area contributed by atoms with Crippen molar-refractivity contribution in [3.05, 3.63) is 20.8 Å². The molecule has 1 aliphatic heterocycles. The molecular formula is C12H17BrN2OS. The molecular weight excluding hydrogens is 300 g/mol. The van der Waals surface area contributed by atoms with Gasteiger partial charge in [0.1, 0.15) is 0 Å². The Labute approximate surface area is 114 Å². The maximum atomic E-state index is 12.1. The topological polar surface area (TPSA) is 32.3 Å². The molecule has 1 fully saturated rings. The molecule has 5 heteroatoms. The van der Waals surface area contributed by atoms with Gasteiger partial charge in [-0.2, -0.15) is 0 Å². The quantitative estimate of drug-likeness (QED) is 0.927. The van der Waals surface area contributed by atoms with Crippen molar-refractivity contribution >= 4 is 33.2 Å². The highest BCUT2D eigenvalue weighted by atomic mass is 79.9. The van der Waals surface area contributed by atoms with Crippen LogP contribution in [0.15, 0.2) is 15.9 Å². The largest absolute Gasteiger partial charge is 0.342 e. The fraction of sp³-hybridized carbons (Fsp3) is 0.583. The monoisotopic (exact) mass is 316 g/mol. The van der Waals surface area contributed by atoms with Crippen molar-refractivity contribution in [3.8, 4) is 0 Å². The lowest BCUT2D eigenvalue weighted by Crippen LogP contribution is -2.44. The highest BCUT2D eigenvalue weighted by Crippen LogP contribution is 2.23. The zero-order chi connectivity index (χ0) is 12.3. The average Bonchev–Trinajstić information content (AvgIpc) is 2.75. The van der Waals surface area contributed by atoms with Crippen LogP contribution in [0.2, 0.25) is 0 Å². The van der Waals surface area contributed by atoms with Crippen LogP contribution in [0.25, 0.3) is 0 Å². The molecule has 0 unspecified atom stereocenters. The van der Waals surface area contributed by atoms with Crippen LogP contribution < -0.4 is 5.32 Å². The molecule has 0 atom stereocenters. The highest BCUT2D eigenvalue weighted by molar-refractivity contribution is 9.11. The Bertz CT molecular complexity index is 388. The van der Waals surface area contributed by atoms with Gasteiger partial charge in [-0.3, -0.25) is 4.79 Å². The first-order valence-corrected chi connectivity index (χ1v) is 7.48. The minimum atomic E-state index is 0.228. The van der Waals surface area contributed by atoms with Crippen molar-refractivity contribution in [1.29, 1.82) is 0 Å². The van der Waals surface area contributed by atoms with E-state index in [4.69, 9.17) is 0 Å². The normalized spacial score (nSPS) is 17.1. The van der Waals surface area contributed by atoms with Gasteiger partial charge in [-0.05, 0) is 54.0 Å². The van der Waals surface area contributed by atoms with Crippen LogP contribution in [-0.4, -0.2) is 37.0 Å². The van der Waals surface area contributed by atoms with Crippen LogP contribution in [0.1, 0.15) is 17.7 Å². The summed E-state index contributed by atoms with van der Waals surface area (Å²) in [5.41, 5.74) is 0. The number of halogens is 1. The molecule has 0 bridgehead atoms. The molecule has 1 amide bonds. The average molecular weight is 317 g/mol. The Morgan fingerprint density at radius 1 is 1.53 bits per heavy atom. The lowest BCUT2D eigenvalue weighted by molar-refractivity contribution is -0.131. The fourth-order valence-electron chi connectivity index (χ4n) is 2.12. The van der Waals surface area contributed by atoms with E-state index in [2.05, 4.69) is 21.2 Å². The zero-order valence-corrected chi connectivity index (χ0v) is 12.3. The Morgan fingerprint density at radius 3 is 2.82 bits per heavy atom. The summed E-state index contributed by atoms with van der Waals surface area (Å²) in [6, 6.07) is 4.42. The van der Waals surface area contributed by atoms with Crippen LogP contribution in [0.4, 0.5) is 0 Å². The van der Waals surface area contributed by atoms with Gasteiger partial charge in [0.15, 0.2) is 0 Å². The smallest absolute Gasteiger partial charge is 0.227 e. The number of nitrogens with one attached hydrogen (secondary N) is 1. The van der Waals surface area contributed by atoms with E-state index in [9.17, 15) is 4.79 Å². The molecule has 0 spiro atoms. The van der Waals surface area contributed by atoms with Crippen LogP contribution in [0.3, 0.4) is 0 Å². The Kier molecular flexibility index (Phi) is 4.59. The number of hydrogen-bond donors (Lipinski definition) is 1. The van der Waals surface area contributed by atoms with Gasteiger partial charge in [0.25, 0.3) is 0 Å². The number of thiophene rings is 1. The molecule has 2 heterocycles.